The summed E-state index contributed by atoms with van der Waals surface area (Å²) in [5, 5.41) is -0.464. The second-order valence-corrected chi connectivity index (χ2v) is 6.47. The van der Waals surface area contributed by atoms with Crippen LogP contribution in [0.5, 0.6) is 11.5 Å². The second kappa shape index (κ2) is 8.40. The highest BCUT2D eigenvalue weighted by Crippen LogP contribution is 2.37. The predicted octanol–water partition coefficient (Wildman–Crippen LogP) is 5.13. The summed E-state index contributed by atoms with van der Waals surface area (Å²) in [6.07, 6.45) is 0. The lowest BCUT2D eigenvalue weighted by molar-refractivity contribution is -0.134. The molecule has 1 atom stereocenters. The molecule has 0 aromatic heterocycles. The summed E-state index contributed by atoms with van der Waals surface area (Å²) in [5.74, 6) is 0.626. The van der Waals surface area contributed by atoms with Crippen LogP contribution in [0.2, 0.25) is 0 Å². The fraction of sp³-hybridized carbons (Fsp3) is 0.0952. The van der Waals surface area contributed by atoms with Crippen molar-refractivity contribution in [2.24, 2.45) is 0 Å². The topological polar surface area (TPSA) is 35.5 Å². The maximum atomic E-state index is 12.9. The molecule has 0 aliphatic rings. The molecule has 0 aliphatic carbocycles. The molecule has 0 amide bonds. The average Bonchev–Trinajstić information content (AvgIpc) is 2.68. The molecular formula is C21H18O3S. The van der Waals surface area contributed by atoms with Crippen molar-refractivity contribution in [2.45, 2.75) is 10.1 Å². The Morgan fingerprint density at radius 3 is 2.00 bits per heavy atom. The third kappa shape index (κ3) is 4.43. The quantitative estimate of drug-likeness (QED) is 0.350. The molecule has 0 aliphatic heterocycles. The molecule has 0 spiro atoms. The van der Waals surface area contributed by atoms with Crippen molar-refractivity contribution in [2.75, 3.05) is 7.11 Å². The summed E-state index contributed by atoms with van der Waals surface area (Å²) < 4.78 is 10.9. The van der Waals surface area contributed by atoms with Gasteiger partial charge in [-0.1, -0.05) is 60.7 Å². The van der Waals surface area contributed by atoms with Gasteiger partial charge in [0.05, 0.1) is 7.11 Å². The van der Waals surface area contributed by atoms with Crippen molar-refractivity contribution in [3.05, 3.63) is 90.5 Å². The Kier molecular flexibility index (Phi) is 5.75. The Labute approximate surface area is 151 Å². The van der Waals surface area contributed by atoms with Gasteiger partial charge in [0, 0.05) is 4.90 Å². The van der Waals surface area contributed by atoms with Crippen molar-refractivity contribution in [3.63, 3.8) is 0 Å². The summed E-state index contributed by atoms with van der Waals surface area (Å²) in [7, 11) is 1.56. The van der Waals surface area contributed by atoms with Gasteiger partial charge in [-0.25, -0.2) is 0 Å². The lowest BCUT2D eigenvalue weighted by atomic mass is 10.1. The van der Waals surface area contributed by atoms with Gasteiger partial charge in [-0.3, -0.25) is 4.79 Å². The zero-order valence-corrected chi connectivity index (χ0v) is 14.6. The molecule has 0 heterocycles. The van der Waals surface area contributed by atoms with E-state index in [1.54, 1.807) is 19.2 Å². The zero-order valence-electron chi connectivity index (χ0n) is 13.8. The van der Waals surface area contributed by atoms with Crippen molar-refractivity contribution in [1.82, 2.24) is 0 Å². The van der Waals surface area contributed by atoms with Crippen LogP contribution in [0.25, 0.3) is 0 Å². The molecule has 3 aromatic rings. The summed E-state index contributed by atoms with van der Waals surface area (Å²) >= 11 is 1.47. The number of hydrogen-bond acceptors (Lipinski definition) is 4. The van der Waals surface area contributed by atoms with E-state index in [-0.39, 0.29) is 5.97 Å². The number of thioether (sulfide) groups is 1. The average molecular weight is 350 g/mol. The maximum Gasteiger partial charge on any atom is 0.329 e. The van der Waals surface area contributed by atoms with Gasteiger partial charge in [-0.2, -0.15) is 0 Å². The molecule has 0 radical (unpaired) electrons. The molecule has 0 saturated carbocycles. The molecule has 3 nitrogen and oxygen atoms in total. The fourth-order valence-electron chi connectivity index (χ4n) is 2.38. The number of rotatable bonds is 6. The molecule has 3 aromatic carbocycles. The van der Waals surface area contributed by atoms with E-state index in [2.05, 4.69) is 0 Å². The number of carbonyl (C=O) groups is 1. The zero-order chi connectivity index (χ0) is 17.5. The van der Waals surface area contributed by atoms with Crippen LogP contribution in [-0.2, 0) is 4.79 Å². The van der Waals surface area contributed by atoms with Crippen LogP contribution in [-0.4, -0.2) is 13.1 Å². The van der Waals surface area contributed by atoms with Crippen molar-refractivity contribution < 1.29 is 14.3 Å². The van der Waals surface area contributed by atoms with Gasteiger partial charge in [0.2, 0.25) is 0 Å². The maximum absolute atomic E-state index is 12.9. The van der Waals surface area contributed by atoms with Crippen LogP contribution in [0.15, 0.2) is 89.8 Å². The minimum absolute atomic E-state index is 0.329. The number of carbonyl (C=O) groups excluding carboxylic acids is 1. The lowest BCUT2D eigenvalue weighted by Gasteiger charge is -2.17. The van der Waals surface area contributed by atoms with Gasteiger partial charge >= 0.3 is 5.97 Å². The fourth-order valence-corrected chi connectivity index (χ4v) is 3.40. The van der Waals surface area contributed by atoms with Gasteiger partial charge in [0.25, 0.3) is 0 Å². The first-order valence-electron chi connectivity index (χ1n) is 7.89. The van der Waals surface area contributed by atoms with E-state index in [9.17, 15) is 4.79 Å². The Morgan fingerprint density at radius 2 is 1.36 bits per heavy atom. The van der Waals surface area contributed by atoms with Gasteiger partial charge in [-0.05, 0) is 29.8 Å². The normalized spacial score (nSPS) is 11.6. The molecule has 126 valence electrons. The monoisotopic (exact) mass is 350 g/mol. The first-order valence-corrected chi connectivity index (χ1v) is 8.77. The number of benzene rings is 3. The highest BCUT2D eigenvalue weighted by atomic mass is 32.2. The van der Waals surface area contributed by atoms with Crippen molar-refractivity contribution in [1.29, 1.82) is 0 Å². The van der Waals surface area contributed by atoms with Crippen LogP contribution >= 0.6 is 11.8 Å². The Morgan fingerprint density at radius 1 is 0.800 bits per heavy atom. The first-order chi connectivity index (χ1) is 12.3. The van der Waals surface area contributed by atoms with Crippen LogP contribution < -0.4 is 9.47 Å². The Bertz CT molecular complexity index is 819. The van der Waals surface area contributed by atoms with E-state index >= 15 is 0 Å². The summed E-state index contributed by atoms with van der Waals surface area (Å²) in [6, 6.07) is 26.6. The van der Waals surface area contributed by atoms with Gasteiger partial charge in [-0.15, -0.1) is 11.8 Å². The molecule has 1 unspecified atom stereocenters. The van der Waals surface area contributed by atoms with Crippen LogP contribution in [0.1, 0.15) is 10.8 Å². The second-order valence-electron chi connectivity index (χ2n) is 5.29. The smallest absolute Gasteiger partial charge is 0.329 e. The van der Waals surface area contributed by atoms with Gasteiger partial charge in [0.15, 0.2) is 11.5 Å². The first kappa shape index (κ1) is 17.1. The largest absolute Gasteiger partial charge is 0.493 e. The minimum atomic E-state index is -0.464. The van der Waals surface area contributed by atoms with Gasteiger partial charge < -0.3 is 9.47 Å². The number of hydrogen-bond donors (Lipinski definition) is 0. The van der Waals surface area contributed by atoms with Gasteiger partial charge in [0.1, 0.15) is 5.25 Å². The van der Waals surface area contributed by atoms with E-state index in [1.165, 1.54) is 11.8 Å². The number of methoxy groups -OCH3 is 1. The SMILES string of the molecule is COc1ccccc1OC(=O)C(Sc1ccccc1)c1ccccc1. The van der Waals surface area contributed by atoms with Crippen LogP contribution in [0.4, 0.5) is 0 Å². The molecule has 0 bridgehead atoms. The number of ether oxygens (including phenoxy) is 2. The van der Waals surface area contributed by atoms with Crippen LogP contribution in [0.3, 0.4) is 0 Å². The summed E-state index contributed by atoms with van der Waals surface area (Å²) in [5.41, 5.74) is 0.899. The standard InChI is InChI=1S/C21H18O3S/c1-23-18-14-8-9-15-19(18)24-21(22)20(16-10-4-2-5-11-16)25-17-12-6-3-7-13-17/h2-15,20H,1H3. The van der Waals surface area contributed by atoms with E-state index in [1.807, 2.05) is 72.8 Å². The van der Waals surface area contributed by atoms with E-state index in [0.29, 0.717) is 11.5 Å². The van der Waals surface area contributed by atoms with Crippen LogP contribution in [0, 0.1) is 0 Å². The minimum Gasteiger partial charge on any atom is -0.493 e. The van der Waals surface area contributed by atoms with Crippen molar-refractivity contribution >= 4 is 17.7 Å². The number of para-hydroxylation sites is 2. The lowest BCUT2D eigenvalue weighted by Crippen LogP contribution is -2.16. The molecular weight excluding hydrogens is 332 g/mol. The highest BCUT2D eigenvalue weighted by molar-refractivity contribution is 8.00. The molecule has 0 fully saturated rings. The number of esters is 1. The molecule has 0 N–H and O–H groups in total. The molecule has 4 heteroatoms. The van der Waals surface area contributed by atoms with E-state index in [4.69, 9.17) is 9.47 Å². The third-order valence-electron chi connectivity index (χ3n) is 3.59. The summed E-state index contributed by atoms with van der Waals surface area (Å²) in [6.45, 7) is 0. The predicted molar refractivity (Wildman–Crippen MR) is 100 cm³/mol. The summed E-state index contributed by atoms with van der Waals surface area (Å²) in [4.78, 5) is 13.9. The molecule has 3 rings (SSSR count). The Hall–Kier alpha value is -2.72. The third-order valence-corrected chi connectivity index (χ3v) is 4.84. The van der Waals surface area contributed by atoms with E-state index in [0.717, 1.165) is 10.5 Å². The molecule has 25 heavy (non-hydrogen) atoms. The Balaban J connectivity index is 1.87. The van der Waals surface area contributed by atoms with E-state index < -0.39 is 5.25 Å². The molecule has 0 saturated heterocycles. The highest BCUT2D eigenvalue weighted by Gasteiger charge is 2.25. The van der Waals surface area contributed by atoms with Crippen molar-refractivity contribution in [3.8, 4) is 11.5 Å².